The van der Waals surface area contributed by atoms with Gasteiger partial charge in [-0.25, -0.2) is 4.98 Å². The van der Waals surface area contributed by atoms with Crippen molar-refractivity contribution in [3.05, 3.63) is 58.6 Å². The Labute approximate surface area is 152 Å². The highest BCUT2D eigenvalue weighted by molar-refractivity contribution is 7.18. The van der Waals surface area contributed by atoms with Crippen LogP contribution >= 0.6 is 11.3 Å². The van der Waals surface area contributed by atoms with Gasteiger partial charge in [-0.3, -0.25) is 9.69 Å². The van der Waals surface area contributed by atoms with Crippen molar-refractivity contribution >= 4 is 33.1 Å². The second-order valence-corrected chi connectivity index (χ2v) is 7.54. The molecule has 5 heteroatoms. The van der Waals surface area contributed by atoms with E-state index in [4.69, 9.17) is 4.98 Å². The van der Waals surface area contributed by atoms with Crippen LogP contribution in [-0.2, 0) is 4.79 Å². The topological polar surface area (TPSA) is 45.2 Å². The average Bonchev–Trinajstić information content (AvgIpc) is 3.00. The zero-order chi connectivity index (χ0) is 18.0. The summed E-state index contributed by atoms with van der Waals surface area (Å²) in [6.45, 7) is 6.47. The average molecular weight is 353 g/mol. The highest BCUT2D eigenvalue weighted by Crippen LogP contribution is 2.28. The first-order valence-electron chi connectivity index (χ1n) is 8.37. The molecule has 1 atom stereocenters. The maximum Gasteiger partial charge on any atom is 0.238 e. The highest BCUT2D eigenvalue weighted by atomic mass is 32.1. The molecule has 0 aliphatic heterocycles. The van der Waals surface area contributed by atoms with Gasteiger partial charge in [-0.05, 0) is 51.6 Å². The summed E-state index contributed by atoms with van der Waals surface area (Å²) in [5.41, 5.74) is 4.16. The molecule has 0 aliphatic carbocycles. The van der Waals surface area contributed by atoms with Gasteiger partial charge >= 0.3 is 0 Å². The van der Waals surface area contributed by atoms with Crippen molar-refractivity contribution in [2.45, 2.75) is 26.8 Å². The van der Waals surface area contributed by atoms with E-state index in [9.17, 15) is 4.79 Å². The number of hydrogen-bond donors (Lipinski definition) is 1. The van der Waals surface area contributed by atoms with Crippen LogP contribution in [0, 0.1) is 13.8 Å². The molecule has 1 N–H and O–H groups in total. The first-order chi connectivity index (χ1) is 11.9. The Bertz CT molecular complexity index is 870. The third-order valence-corrected chi connectivity index (χ3v) is 5.58. The summed E-state index contributed by atoms with van der Waals surface area (Å²) in [4.78, 5) is 19.1. The van der Waals surface area contributed by atoms with Crippen molar-refractivity contribution in [2.75, 3.05) is 18.9 Å². The van der Waals surface area contributed by atoms with Crippen LogP contribution in [0.15, 0.2) is 42.5 Å². The molecule has 0 saturated heterocycles. The number of para-hydroxylation sites is 1. The van der Waals surface area contributed by atoms with Crippen LogP contribution in [-0.4, -0.2) is 29.4 Å². The molecule has 0 bridgehead atoms. The standard InChI is InChI=1S/C20H23N3OS/c1-13-9-10-16(14(2)11-13)21-19(24)12-23(4)15(3)20-22-17-7-5-6-8-18(17)25-20/h5-11,15H,12H2,1-4H3,(H,21,24). The monoisotopic (exact) mass is 353 g/mol. The van der Waals surface area contributed by atoms with Gasteiger partial charge in [0.1, 0.15) is 5.01 Å². The second-order valence-electron chi connectivity index (χ2n) is 6.48. The van der Waals surface area contributed by atoms with Crippen LogP contribution in [0.5, 0.6) is 0 Å². The number of likely N-dealkylation sites (N-methyl/N-ethyl adjacent to an activating group) is 1. The molecule has 4 nitrogen and oxygen atoms in total. The van der Waals surface area contributed by atoms with E-state index in [1.165, 1.54) is 10.3 Å². The Hall–Kier alpha value is -2.24. The number of aromatic nitrogens is 1. The predicted molar refractivity (Wildman–Crippen MR) is 105 cm³/mol. The van der Waals surface area contributed by atoms with E-state index in [0.717, 1.165) is 21.8 Å². The molecule has 3 aromatic rings. The van der Waals surface area contributed by atoms with Gasteiger partial charge in [-0.1, -0.05) is 29.8 Å². The molecule has 0 fully saturated rings. The minimum Gasteiger partial charge on any atom is -0.325 e. The van der Waals surface area contributed by atoms with Gasteiger partial charge < -0.3 is 5.32 Å². The molecule has 1 aromatic heterocycles. The molecule has 0 spiro atoms. The lowest BCUT2D eigenvalue weighted by Gasteiger charge is -2.22. The lowest BCUT2D eigenvalue weighted by molar-refractivity contribution is -0.117. The summed E-state index contributed by atoms with van der Waals surface area (Å²) in [5.74, 6) is -0.0117. The normalized spacial score (nSPS) is 12.5. The van der Waals surface area contributed by atoms with E-state index in [1.807, 2.05) is 56.1 Å². The fourth-order valence-electron chi connectivity index (χ4n) is 2.76. The van der Waals surface area contributed by atoms with E-state index < -0.39 is 0 Å². The molecule has 1 heterocycles. The van der Waals surface area contributed by atoms with E-state index >= 15 is 0 Å². The molecule has 0 saturated carbocycles. The second kappa shape index (κ2) is 7.33. The van der Waals surface area contributed by atoms with E-state index in [0.29, 0.717) is 6.54 Å². The Balaban J connectivity index is 1.66. The third kappa shape index (κ3) is 4.06. The quantitative estimate of drug-likeness (QED) is 0.732. The van der Waals surface area contributed by atoms with Gasteiger partial charge in [0.25, 0.3) is 0 Å². The fourth-order valence-corrected chi connectivity index (χ4v) is 3.85. The first kappa shape index (κ1) is 17.6. The number of carbonyl (C=O) groups excluding carboxylic acids is 1. The number of anilines is 1. The number of benzene rings is 2. The molecule has 1 unspecified atom stereocenters. The van der Waals surface area contributed by atoms with Crippen LogP contribution in [0.25, 0.3) is 10.2 Å². The van der Waals surface area contributed by atoms with Crippen molar-refractivity contribution < 1.29 is 4.79 Å². The Morgan fingerprint density at radius 3 is 2.72 bits per heavy atom. The summed E-state index contributed by atoms with van der Waals surface area (Å²) >= 11 is 1.68. The summed E-state index contributed by atoms with van der Waals surface area (Å²) in [7, 11) is 1.96. The van der Waals surface area contributed by atoms with Crippen molar-refractivity contribution in [1.82, 2.24) is 9.88 Å². The molecule has 2 aromatic carbocycles. The van der Waals surface area contributed by atoms with E-state index in [2.05, 4.69) is 24.4 Å². The van der Waals surface area contributed by atoms with Crippen molar-refractivity contribution in [3.63, 3.8) is 0 Å². The van der Waals surface area contributed by atoms with Gasteiger partial charge in [0.05, 0.1) is 22.8 Å². The minimum atomic E-state index is -0.0117. The number of nitrogens with zero attached hydrogens (tertiary/aromatic N) is 2. The minimum absolute atomic E-state index is 0.0117. The molecule has 3 rings (SSSR count). The summed E-state index contributed by atoms with van der Waals surface area (Å²) in [6.07, 6.45) is 0. The van der Waals surface area contributed by atoms with Gasteiger partial charge in [0, 0.05) is 5.69 Å². The molecular weight excluding hydrogens is 330 g/mol. The number of rotatable bonds is 5. The van der Waals surface area contributed by atoms with Crippen molar-refractivity contribution in [1.29, 1.82) is 0 Å². The van der Waals surface area contributed by atoms with Crippen LogP contribution in [0.3, 0.4) is 0 Å². The van der Waals surface area contributed by atoms with Crippen LogP contribution in [0.4, 0.5) is 5.69 Å². The predicted octanol–water partition coefficient (Wildman–Crippen LogP) is 4.54. The largest absolute Gasteiger partial charge is 0.325 e. The SMILES string of the molecule is Cc1ccc(NC(=O)CN(C)C(C)c2nc3ccccc3s2)c(C)c1. The summed E-state index contributed by atoms with van der Waals surface area (Å²) in [5, 5.41) is 4.03. The van der Waals surface area contributed by atoms with Gasteiger partial charge in [-0.2, -0.15) is 0 Å². The van der Waals surface area contributed by atoms with E-state index in [-0.39, 0.29) is 11.9 Å². The number of fused-ring (bicyclic) bond motifs is 1. The Morgan fingerprint density at radius 1 is 1.24 bits per heavy atom. The molecule has 1 amide bonds. The Kier molecular flexibility index (Phi) is 5.16. The number of aryl methyl sites for hydroxylation is 2. The molecule has 0 radical (unpaired) electrons. The number of thiazole rings is 1. The van der Waals surface area contributed by atoms with Crippen molar-refractivity contribution in [2.24, 2.45) is 0 Å². The van der Waals surface area contributed by atoms with Crippen molar-refractivity contribution in [3.8, 4) is 0 Å². The lowest BCUT2D eigenvalue weighted by atomic mass is 10.1. The zero-order valence-electron chi connectivity index (χ0n) is 15.0. The number of hydrogen-bond acceptors (Lipinski definition) is 4. The fraction of sp³-hybridized carbons (Fsp3) is 0.300. The third-order valence-electron chi connectivity index (χ3n) is 4.38. The molecule has 0 aliphatic rings. The smallest absolute Gasteiger partial charge is 0.238 e. The van der Waals surface area contributed by atoms with Crippen LogP contribution in [0.2, 0.25) is 0 Å². The first-order valence-corrected chi connectivity index (χ1v) is 9.18. The number of amides is 1. The summed E-state index contributed by atoms with van der Waals surface area (Å²) in [6, 6.07) is 14.2. The van der Waals surface area contributed by atoms with E-state index in [1.54, 1.807) is 11.3 Å². The molecular formula is C20H23N3OS. The number of carbonyl (C=O) groups is 1. The van der Waals surface area contributed by atoms with Gasteiger partial charge in [-0.15, -0.1) is 11.3 Å². The molecule has 130 valence electrons. The summed E-state index contributed by atoms with van der Waals surface area (Å²) < 4.78 is 1.18. The molecule has 25 heavy (non-hydrogen) atoms. The van der Waals surface area contributed by atoms with Gasteiger partial charge in [0.2, 0.25) is 5.91 Å². The van der Waals surface area contributed by atoms with Crippen LogP contribution < -0.4 is 5.32 Å². The number of nitrogens with one attached hydrogen (secondary N) is 1. The van der Waals surface area contributed by atoms with Crippen LogP contribution in [0.1, 0.15) is 29.1 Å². The van der Waals surface area contributed by atoms with Gasteiger partial charge in [0.15, 0.2) is 0 Å². The Morgan fingerprint density at radius 2 is 2.00 bits per heavy atom. The highest BCUT2D eigenvalue weighted by Gasteiger charge is 2.18. The lowest BCUT2D eigenvalue weighted by Crippen LogP contribution is -2.32. The maximum atomic E-state index is 12.4. The maximum absolute atomic E-state index is 12.4. The zero-order valence-corrected chi connectivity index (χ0v) is 15.9.